The quantitative estimate of drug-likeness (QED) is 0.191. The summed E-state index contributed by atoms with van der Waals surface area (Å²) in [5.41, 5.74) is 12.5. The van der Waals surface area contributed by atoms with Crippen LogP contribution in [0.4, 0.5) is 0 Å². The average molecular weight is 628 g/mol. The molecular weight excluding hydrogens is 595 g/mol. The first-order chi connectivity index (χ1) is 24.0. The van der Waals surface area contributed by atoms with Crippen LogP contribution in [0, 0.1) is 0 Å². The molecule has 0 atom stereocenters. The first-order valence-corrected chi connectivity index (χ1v) is 16.8. The van der Waals surface area contributed by atoms with Crippen LogP contribution in [0.25, 0.3) is 78.3 Å². The molecule has 0 spiro atoms. The van der Waals surface area contributed by atoms with Crippen LogP contribution in [0.5, 0.6) is 0 Å². The normalized spacial score (nSPS) is 12.9. The zero-order valence-corrected chi connectivity index (χ0v) is 27.4. The molecule has 7 aromatic carbocycles. The SMILES string of the molecule is CC1(C)c2ccccc2-c2ccc3cccc(-c4nc(-c5cccc(-c6ccccc6)c5)nc(-c5cccc(-c6ccccc6)c5)n4)c3c21. The van der Waals surface area contributed by atoms with E-state index < -0.39 is 0 Å². The fourth-order valence-electron chi connectivity index (χ4n) is 7.53. The van der Waals surface area contributed by atoms with E-state index in [4.69, 9.17) is 15.0 Å². The second-order valence-corrected chi connectivity index (χ2v) is 13.3. The molecule has 3 heteroatoms. The molecule has 0 N–H and O–H groups in total. The van der Waals surface area contributed by atoms with Crippen LogP contribution in [0.2, 0.25) is 0 Å². The Morgan fingerprint density at radius 2 is 0.857 bits per heavy atom. The molecule has 1 aliphatic rings. The van der Waals surface area contributed by atoms with Gasteiger partial charge in [-0.25, -0.2) is 15.0 Å². The lowest BCUT2D eigenvalue weighted by Crippen LogP contribution is -2.16. The Morgan fingerprint density at radius 3 is 1.49 bits per heavy atom. The number of fused-ring (bicyclic) bond motifs is 5. The van der Waals surface area contributed by atoms with Crippen molar-refractivity contribution in [3.63, 3.8) is 0 Å². The van der Waals surface area contributed by atoms with Gasteiger partial charge in [-0.3, -0.25) is 0 Å². The van der Waals surface area contributed by atoms with E-state index in [1.807, 2.05) is 12.1 Å². The van der Waals surface area contributed by atoms with Crippen LogP contribution >= 0.6 is 0 Å². The van der Waals surface area contributed by atoms with Crippen LogP contribution in [0.1, 0.15) is 25.0 Å². The topological polar surface area (TPSA) is 38.7 Å². The van der Waals surface area contributed by atoms with Gasteiger partial charge in [0, 0.05) is 22.1 Å². The third kappa shape index (κ3) is 4.94. The van der Waals surface area contributed by atoms with Gasteiger partial charge in [-0.15, -0.1) is 0 Å². The van der Waals surface area contributed by atoms with E-state index in [1.54, 1.807) is 0 Å². The Morgan fingerprint density at radius 1 is 0.367 bits per heavy atom. The van der Waals surface area contributed by atoms with Crippen LogP contribution in [0.15, 0.2) is 164 Å². The lowest BCUT2D eigenvalue weighted by molar-refractivity contribution is 0.666. The van der Waals surface area contributed by atoms with Gasteiger partial charge in [0.25, 0.3) is 0 Å². The summed E-state index contributed by atoms with van der Waals surface area (Å²) in [7, 11) is 0. The van der Waals surface area contributed by atoms with Crippen molar-refractivity contribution < 1.29 is 0 Å². The first kappa shape index (κ1) is 29.0. The van der Waals surface area contributed by atoms with E-state index in [-0.39, 0.29) is 5.41 Å². The van der Waals surface area contributed by atoms with Gasteiger partial charge in [0.05, 0.1) is 0 Å². The summed E-state index contributed by atoms with van der Waals surface area (Å²) >= 11 is 0. The minimum Gasteiger partial charge on any atom is -0.208 e. The van der Waals surface area contributed by atoms with Gasteiger partial charge in [-0.05, 0) is 67.4 Å². The van der Waals surface area contributed by atoms with Gasteiger partial charge in [0.2, 0.25) is 0 Å². The van der Waals surface area contributed by atoms with E-state index in [9.17, 15) is 0 Å². The lowest BCUT2D eigenvalue weighted by atomic mass is 9.79. The van der Waals surface area contributed by atoms with Gasteiger partial charge in [-0.1, -0.05) is 166 Å². The molecule has 0 saturated carbocycles. The predicted octanol–water partition coefficient (Wildman–Crippen LogP) is 11.7. The molecule has 0 saturated heterocycles. The zero-order valence-electron chi connectivity index (χ0n) is 27.4. The van der Waals surface area contributed by atoms with Crippen molar-refractivity contribution in [2.75, 3.05) is 0 Å². The second kappa shape index (κ2) is 11.5. The molecule has 3 nitrogen and oxygen atoms in total. The average Bonchev–Trinajstić information content (AvgIpc) is 3.41. The second-order valence-electron chi connectivity index (χ2n) is 13.3. The van der Waals surface area contributed by atoms with E-state index in [1.165, 1.54) is 33.0 Å². The molecule has 49 heavy (non-hydrogen) atoms. The summed E-state index contributed by atoms with van der Waals surface area (Å²) in [6, 6.07) is 57.7. The molecule has 0 amide bonds. The highest BCUT2D eigenvalue weighted by Gasteiger charge is 2.37. The molecule has 0 bridgehead atoms. The highest BCUT2D eigenvalue weighted by molar-refractivity contribution is 6.04. The third-order valence-electron chi connectivity index (χ3n) is 9.89. The summed E-state index contributed by atoms with van der Waals surface area (Å²) in [5.74, 6) is 1.96. The van der Waals surface area contributed by atoms with Crippen molar-refractivity contribution in [2.45, 2.75) is 19.3 Å². The summed E-state index contributed by atoms with van der Waals surface area (Å²) in [4.78, 5) is 15.7. The Hall–Kier alpha value is -6.19. The van der Waals surface area contributed by atoms with Crippen molar-refractivity contribution >= 4 is 10.8 Å². The lowest BCUT2D eigenvalue weighted by Gasteiger charge is -2.24. The number of hydrogen-bond acceptors (Lipinski definition) is 3. The third-order valence-corrected chi connectivity index (χ3v) is 9.89. The summed E-state index contributed by atoms with van der Waals surface area (Å²) < 4.78 is 0. The number of rotatable bonds is 5. The zero-order chi connectivity index (χ0) is 33.0. The highest BCUT2D eigenvalue weighted by atomic mass is 15.0. The molecule has 0 fully saturated rings. The standard InChI is InChI=1S/C46H33N3/c1-46(2)40-25-10-9-23-37(40)38-27-26-32-18-13-24-39(41(32)42(38)46)45-48-43(35-21-11-19-33(28-35)30-14-5-3-6-15-30)47-44(49-45)36-22-12-20-34(29-36)31-16-7-4-8-17-31/h3-29H,1-2H3. The number of nitrogens with zero attached hydrogens (tertiary/aromatic N) is 3. The molecular formula is C46H33N3. The Kier molecular flexibility index (Phi) is 6.80. The van der Waals surface area contributed by atoms with Crippen LogP contribution < -0.4 is 0 Å². The van der Waals surface area contributed by atoms with Crippen LogP contribution in [-0.4, -0.2) is 15.0 Å². The van der Waals surface area contributed by atoms with E-state index in [2.05, 4.69) is 166 Å². The van der Waals surface area contributed by atoms with Crippen molar-refractivity contribution in [3.05, 3.63) is 175 Å². The maximum atomic E-state index is 5.27. The molecule has 1 aromatic heterocycles. The fourth-order valence-corrected chi connectivity index (χ4v) is 7.53. The first-order valence-electron chi connectivity index (χ1n) is 16.8. The van der Waals surface area contributed by atoms with Crippen molar-refractivity contribution in [1.29, 1.82) is 0 Å². The fraction of sp³-hybridized carbons (Fsp3) is 0.0652. The van der Waals surface area contributed by atoms with Gasteiger partial charge in [0.15, 0.2) is 17.5 Å². The molecule has 0 unspecified atom stereocenters. The smallest absolute Gasteiger partial charge is 0.164 e. The van der Waals surface area contributed by atoms with Crippen molar-refractivity contribution in [3.8, 4) is 67.5 Å². The molecule has 1 aliphatic carbocycles. The monoisotopic (exact) mass is 627 g/mol. The molecule has 0 aliphatic heterocycles. The number of hydrogen-bond donors (Lipinski definition) is 0. The molecule has 9 rings (SSSR count). The summed E-state index contributed by atoms with van der Waals surface area (Å²) in [6.45, 7) is 4.67. The van der Waals surface area contributed by atoms with Crippen LogP contribution in [0.3, 0.4) is 0 Å². The van der Waals surface area contributed by atoms with Crippen LogP contribution in [-0.2, 0) is 5.41 Å². The molecule has 0 radical (unpaired) electrons. The van der Waals surface area contributed by atoms with Crippen molar-refractivity contribution in [2.24, 2.45) is 0 Å². The highest BCUT2D eigenvalue weighted by Crippen LogP contribution is 2.52. The maximum Gasteiger partial charge on any atom is 0.164 e. The molecule has 8 aromatic rings. The van der Waals surface area contributed by atoms with Crippen molar-refractivity contribution in [1.82, 2.24) is 15.0 Å². The van der Waals surface area contributed by atoms with E-state index in [0.717, 1.165) is 38.9 Å². The van der Waals surface area contributed by atoms with Gasteiger partial charge in [0.1, 0.15) is 0 Å². The minimum atomic E-state index is -0.186. The summed E-state index contributed by atoms with van der Waals surface area (Å²) in [5, 5.41) is 2.37. The minimum absolute atomic E-state index is 0.186. The Bertz CT molecular complexity index is 2410. The van der Waals surface area contributed by atoms with E-state index >= 15 is 0 Å². The maximum absolute atomic E-state index is 5.27. The Balaban J connectivity index is 1.29. The van der Waals surface area contributed by atoms with Gasteiger partial charge in [-0.2, -0.15) is 0 Å². The number of aromatic nitrogens is 3. The predicted molar refractivity (Wildman–Crippen MR) is 202 cm³/mol. The Labute approximate surface area is 286 Å². The van der Waals surface area contributed by atoms with E-state index in [0.29, 0.717) is 17.5 Å². The van der Waals surface area contributed by atoms with Gasteiger partial charge < -0.3 is 0 Å². The van der Waals surface area contributed by atoms with Gasteiger partial charge >= 0.3 is 0 Å². The number of benzene rings is 7. The molecule has 1 heterocycles. The summed E-state index contributed by atoms with van der Waals surface area (Å²) in [6.07, 6.45) is 0. The largest absolute Gasteiger partial charge is 0.208 e. The molecule has 232 valence electrons.